The van der Waals surface area contributed by atoms with Crippen LogP contribution in [0.4, 0.5) is 11.4 Å². The number of anilines is 2. The lowest BCUT2D eigenvalue weighted by molar-refractivity contribution is -0.121. The van der Waals surface area contributed by atoms with Gasteiger partial charge in [0, 0.05) is 22.5 Å². The Morgan fingerprint density at radius 1 is 0.878 bits per heavy atom. The molecule has 7 heteroatoms. The van der Waals surface area contributed by atoms with Crippen molar-refractivity contribution in [2.75, 3.05) is 17.3 Å². The van der Waals surface area contributed by atoms with Gasteiger partial charge < -0.3 is 15.0 Å². The van der Waals surface area contributed by atoms with Crippen molar-refractivity contribution >= 4 is 50.9 Å². The van der Waals surface area contributed by atoms with Crippen LogP contribution in [0.5, 0.6) is 5.75 Å². The van der Waals surface area contributed by atoms with Crippen LogP contribution in [0.1, 0.15) is 31.8 Å². The van der Waals surface area contributed by atoms with E-state index in [0.717, 1.165) is 16.8 Å². The Kier molecular flexibility index (Phi) is 5.94. The molecule has 3 aliphatic rings. The van der Waals surface area contributed by atoms with Gasteiger partial charge in [-0.05, 0) is 57.4 Å². The van der Waals surface area contributed by atoms with Crippen molar-refractivity contribution in [2.24, 2.45) is 5.92 Å². The minimum atomic E-state index is -1.34. The summed E-state index contributed by atoms with van der Waals surface area (Å²) in [5.74, 6) is -1.19. The molecule has 0 unspecified atom stereocenters. The fourth-order valence-electron chi connectivity index (χ4n) is 6.89. The molecule has 4 aromatic rings. The highest BCUT2D eigenvalue weighted by Crippen LogP contribution is 2.58. The molecule has 1 N–H and O–H groups in total. The van der Waals surface area contributed by atoms with Crippen molar-refractivity contribution in [3.63, 3.8) is 0 Å². The number of benzene rings is 4. The Morgan fingerprint density at radius 3 is 2.39 bits per heavy atom. The second kappa shape index (κ2) is 9.56. The molecule has 1 spiro atoms. The first kappa shape index (κ1) is 25.5. The third-order valence-corrected chi connectivity index (χ3v) is 9.21. The Labute approximate surface area is 245 Å². The molecule has 4 atom stereocenters. The Morgan fingerprint density at radius 2 is 1.61 bits per heavy atom. The molecule has 3 aliphatic heterocycles. The minimum Gasteiger partial charge on any atom is -0.496 e. The molecule has 3 heterocycles. The number of hydrogen-bond acceptors (Lipinski definition) is 5. The first-order valence-electron chi connectivity index (χ1n) is 13.4. The number of nitrogens with zero attached hydrogens (tertiary/aromatic N) is 1. The van der Waals surface area contributed by atoms with Crippen LogP contribution in [0.25, 0.3) is 6.08 Å². The van der Waals surface area contributed by atoms with E-state index in [1.54, 1.807) is 49.6 Å². The quantitative estimate of drug-likeness (QED) is 0.270. The van der Waals surface area contributed by atoms with Gasteiger partial charge in [-0.15, -0.1) is 0 Å². The molecule has 1 saturated heterocycles. The van der Waals surface area contributed by atoms with Gasteiger partial charge in [-0.25, -0.2) is 0 Å². The molecule has 0 aromatic heterocycles. The molecular weight excluding hydrogens is 580 g/mol. The number of rotatable bonds is 5. The molecular formula is C34H25BrN2O4. The molecule has 0 radical (unpaired) electrons. The molecule has 6 nitrogen and oxygen atoms in total. The number of fused-ring (bicyclic) bond motifs is 6. The maximum atomic E-state index is 14.8. The summed E-state index contributed by atoms with van der Waals surface area (Å²) in [4.78, 5) is 45.8. The van der Waals surface area contributed by atoms with Crippen molar-refractivity contribution in [1.82, 2.24) is 0 Å². The number of Topliss-reactive ketones (excluding diaryl/α,β-unsaturated/α-hetero) is 2. The molecule has 202 valence electrons. The van der Waals surface area contributed by atoms with Crippen LogP contribution in [-0.4, -0.2) is 36.7 Å². The average molecular weight is 605 g/mol. The molecule has 41 heavy (non-hydrogen) atoms. The van der Waals surface area contributed by atoms with Gasteiger partial charge in [0.2, 0.25) is 5.91 Å². The number of amides is 1. The topological polar surface area (TPSA) is 75.7 Å². The predicted molar refractivity (Wildman–Crippen MR) is 162 cm³/mol. The summed E-state index contributed by atoms with van der Waals surface area (Å²) >= 11 is 3.52. The second-order valence-corrected chi connectivity index (χ2v) is 11.4. The minimum absolute atomic E-state index is 0.244. The van der Waals surface area contributed by atoms with E-state index in [4.69, 9.17) is 4.74 Å². The lowest BCUT2D eigenvalue weighted by Crippen LogP contribution is -2.51. The van der Waals surface area contributed by atoms with Crippen LogP contribution < -0.4 is 15.0 Å². The largest absolute Gasteiger partial charge is 0.496 e. The van der Waals surface area contributed by atoms with Gasteiger partial charge in [0.25, 0.3) is 0 Å². The monoisotopic (exact) mass is 604 g/mol. The van der Waals surface area contributed by atoms with E-state index in [1.165, 1.54) is 0 Å². The highest BCUT2D eigenvalue weighted by atomic mass is 79.9. The summed E-state index contributed by atoms with van der Waals surface area (Å²) in [6.45, 7) is 0. The molecule has 0 aliphatic carbocycles. The molecule has 1 amide bonds. The molecule has 1 fully saturated rings. The first-order chi connectivity index (χ1) is 20.0. The normalized spacial score (nSPS) is 23.5. The Balaban J connectivity index is 1.52. The molecule has 4 aromatic carbocycles. The predicted octanol–water partition coefficient (Wildman–Crippen LogP) is 6.31. The van der Waals surface area contributed by atoms with E-state index >= 15 is 0 Å². The second-order valence-electron chi connectivity index (χ2n) is 10.5. The van der Waals surface area contributed by atoms with Crippen LogP contribution in [0.15, 0.2) is 108 Å². The van der Waals surface area contributed by atoms with Gasteiger partial charge in [0.05, 0.1) is 23.5 Å². The fourth-order valence-corrected chi connectivity index (χ4v) is 7.43. The summed E-state index contributed by atoms with van der Waals surface area (Å²) in [6, 6.07) is 27.9. The highest BCUT2D eigenvalue weighted by Gasteiger charge is 2.70. The van der Waals surface area contributed by atoms with Crippen molar-refractivity contribution < 1.29 is 19.1 Å². The number of ketones is 2. The number of ether oxygens (including phenoxy) is 1. The van der Waals surface area contributed by atoms with Crippen molar-refractivity contribution in [1.29, 1.82) is 0 Å². The van der Waals surface area contributed by atoms with Gasteiger partial charge in [0.1, 0.15) is 17.2 Å². The van der Waals surface area contributed by atoms with Crippen molar-refractivity contribution in [2.45, 2.75) is 17.5 Å². The summed E-state index contributed by atoms with van der Waals surface area (Å²) in [5, 5.41) is 3.06. The zero-order valence-electron chi connectivity index (χ0n) is 22.1. The number of halogens is 1. The van der Waals surface area contributed by atoms with Crippen molar-refractivity contribution in [3.05, 3.63) is 130 Å². The number of para-hydroxylation sites is 2. The Hall–Kier alpha value is -4.49. The van der Waals surface area contributed by atoms with E-state index in [0.29, 0.717) is 27.0 Å². The zero-order valence-corrected chi connectivity index (χ0v) is 23.7. The summed E-state index contributed by atoms with van der Waals surface area (Å²) in [6.07, 6.45) is 3.97. The SMILES string of the molecule is COc1ccc(C(=O)[C@@H]2[C@H](C(=O)c3ccccc3)[C@@]3(C(=O)Nc4ccccc43)[C@H]3C=Cc4ccccc4N23)cc1Br. The van der Waals surface area contributed by atoms with E-state index in [9.17, 15) is 14.4 Å². The van der Waals surface area contributed by atoms with Gasteiger partial charge in [-0.1, -0.05) is 78.9 Å². The maximum Gasteiger partial charge on any atom is 0.238 e. The number of carbonyl (C=O) groups excluding carboxylic acids is 3. The third-order valence-electron chi connectivity index (χ3n) is 8.59. The molecule has 0 saturated carbocycles. The smallest absolute Gasteiger partial charge is 0.238 e. The number of carbonyl (C=O) groups is 3. The summed E-state index contributed by atoms with van der Waals surface area (Å²) < 4.78 is 6.03. The number of hydrogen-bond donors (Lipinski definition) is 1. The van der Waals surface area contributed by atoms with Crippen LogP contribution in [0, 0.1) is 5.92 Å². The lowest BCUT2D eigenvalue weighted by atomic mass is 9.64. The maximum absolute atomic E-state index is 14.8. The molecule has 0 bridgehead atoms. The van der Waals surface area contributed by atoms with E-state index < -0.39 is 23.4 Å². The van der Waals surface area contributed by atoms with E-state index in [1.807, 2.05) is 71.6 Å². The van der Waals surface area contributed by atoms with Crippen molar-refractivity contribution in [3.8, 4) is 5.75 Å². The average Bonchev–Trinajstić information content (AvgIpc) is 3.49. The van der Waals surface area contributed by atoms with Gasteiger partial charge in [-0.3, -0.25) is 14.4 Å². The van der Waals surface area contributed by atoms with Crippen LogP contribution in [0.2, 0.25) is 0 Å². The first-order valence-corrected chi connectivity index (χ1v) is 14.2. The van der Waals surface area contributed by atoms with Crippen LogP contribution >= 0.6 is 15.9 Å². The Bertz CT molecular complexity index is 1770. The van der Waals surface area contributed by atoms with Gasteiger partial charge >= 0.3 is 0 Å². The summed E-state index contributed by atoms with van der Waals surface area (Å²) in [5.41, 5.74) is 2.67. The molecule has 7 rings (SSSR count). The van der Waals surface area contributed by atoms with E-state index in [2.05, 4.69) is 21.2 Å². The van der Waals surface area contributed by atoms with Gasteiger partial charge in [0.15, 0.2) is 11.6 Å². The van der Waals surface area contributed by atoms with Crippen LogP contribution in [-0.2, 0) is 10.2 Å². The summed E-state index contributed by atoms with van der Waals surface area (Å²) in [7, 11) is 1.56. The number of methoxy groups -OCH3 is 1. The number of nitrogens with one attached hydrogen (secondary N) is 1. The van der Waals surface area contributed by atoms with Gasteiger partial charge in [-0.2, -0.15) is 0 Å². The standard InChI is InChI=1S/C34H25BrN2O4/c1-41-27-17-15-22(19-24(27)35)32(39)30-29(31(38)21-10-3-2-4-11-21)34(23-12-6-7-13-25(23)36-33(34)40)28-18-16-20-9-5-8-14-26(20)37(28)30/h2-19,28-30H,1H3,(H,36,40)/t28-,29-,30+,34+/m1/s1. The highest BCUT2D eigenvalue weighted by molar-refractivity contribution is 9.10. The zero-order chi connectivity index (χ0) is 28.3. The third kappa shape index (κ3) is 3.58. The van der Waals surface area contributed by atoms with Crippen LogP contribution in [0.3, 0.4) is 0 Å². The lowest BCUT2D eigenvalue weighted by Gasteiger charge is -2.37. The van der Waals surface area contributed by atoms with E-state index in [-0.39, 0.29) is 17.5 Å². The fraction of sp³-hybridized carbons (Fsp3) is 0.147.